The molecule has 1 atom stereocenters. The second-order valence-electron chi connectivity index (χ2n) is 5.97. The summed E-state index contributed by atoms with van der Waals surface area (Å²) in [6.45, 7) is 6.92. The average Bonchev–Trinajstić information content (AvgIpc) is 2.42. The van der Waals surface area contributed by atoms with Crippen LogP contribution in [0.25, 0.3) is 0 Å². The van der Waals surface area contributed by atoms with Crippen LogP contribution in [-0.2, 0) is 16.0 Å². The monoisotopic (exact) mass is 387 g/mol. The van der Waals surface area contributed by atoms with Crippen LogP contribution in [0.1, 0.15) is 33.3 Å². The van der Waals surface area contributed by atoms with Gasteiger partial charge in [-0.2, -0.15) is 0 Å². The van der Waals surface area contributed by atoms with Crippen LogP contribution in [0, 0.1) is 0 Å². The van der Waals surface area contributed by atoms with Gasteiger partial charge in [0.25, 0.3) is 0 Å². The molecule has 0 spiro atoms. The highest BCUT2D eigenvalue weighted by molar-refractivity contribution is 9.10. The number of ether oxygens (including phenoxy) is 2. The molecule has 6 nitrogen and oxygen atoms in total. The van der Waals surface area contributed by atoms with E-state index in [2.05, 4.69) is 21.2 Å². The van der Waals surface area contributed by atoms with Gasteiger partial charge in [0.15, 0.2) is 6.04 Å². The Balaban J connectivity index is 2.67. The summed E-state index contributed by atoms with van der Waals surface area (Å²) in [5.41, 5.74) is 0.429. The summed E-state index contributed by atoms with van der Waals surface area (Å²) in [5, 5.41) is 11.5. The van der Waals surface area contributed by atoms with Crippen molar-refractivity contribution < 1.29 is 24.2 Å². The number of alkyl carbamates (subject to hydrolysis) is 1. The minimum Gasteiger partial charge on any atom is -0.490 e. The number of amides is 1. The van der Waals surface area contributed by atoms with E-state index in [1.807, 2.05) is 19.1 Å². The van der Waals surface area contributed by atoms with Gasteiger partial charge in [0.1, 0.15) is 18.0 Å². The third-order valence-electron chi connectivity index (χ3n) is 2.80. The molecule has 1 amide bonds. The number of halogens is 1. The number of rotatable bonds is 6. The number of nitrogens with one attached hydrogen (secondary N) is 1. The van der Waals surface area contributed by atoms with Crippen LogP contribution in [-0.4, -0.2) is 35.4 Å². The Labute approximate surface area is 144 Å². The molecule has 1 rings (SSSR count). The molecule has 0 fully saturated rings. The Morgan fingerprint density at radius 3 is 2.48 bits per heavy atom. The zero-order valence-corrected chi connectivity index (χ0v) is 15.3. The van der Waals surface area contributed by atoms with E-state index in [0.717, 1.165) is 16.5 Å². The van der Waals surface area contributed by atoms with Gasteiger partial charge in [-0.3, -0.25) is 0 Å². The maximum Gasteiger partial charge on any atom is 0.408 e. The molecule has 0 bridgehead atoms. The van der Waals surface area contributed by atoms with Crippen molar-refractivity contribution >= 4 is 28.0 Å². The Morgan fingerprint density at radius 1 is 1.35 bits per heavy atom. The number of aliphatic carboxylic acids is 1. The smallest absolute Gasteiger partial charge is 0.408 e. The van der Waals surface area contributed by atoms with Crippen molar-refractivity contribution in [2.24, 2.45) is 0 Å². The highest BCUT2D eigenvalue weighted by Crippen LogP contribution is 2.26. The summed E-state index contributed by atoms with van der Waals surface area (Å²) < 4.78 is 11.3. The van der Waals surface area contributed by atoms with Gasteiger partial charge in [-0.25, -0.2) is 9.59 Å². The van der Waals surface area contributed by atoms with E-state index >= 15 is 0 Å². The first kappa shape index (κ1) is 19.3. The van der Waals surface area contributed by atoms with Crippen molar-refractivity contribution in [2.75, 3.05) is 6.61 Å². The SMILES string of the molecule is CCc1ccc(OC[C@H](NC(=O)OC(C)(C)C)C(=O)O)c(Br)c1. The van der Waals surface area contributed by atoms with Crippen molar-refractivity contribution in [3.05, 3.63) is 28.2 Å². The van der Waals surface area contributed by atoms with E-state index in [-0.39, 0.29) is 6.61 Å². The van der Waals surface area contributed by atoms with Crippen molar-refractivity contribution in [2.45, 2.75) is 45.8 Å². The second-order valence-corrected chi connectivity index (χ2v) is 6.82. The lowest BCUT2D eigenvalue weighted by atomic mass is 10.2. The van der Waals surface area contributed by atoms with Crippen LogP contribution in [0.15, 0.2) is 22.7 Å². The van der Waals surface area contributed by atoms with Crippen molar-refractivity contribution in [3.63, 3.8) is 0 Å². The quantitative estimate of drug-likeness (QED) is 0.781. The third-order valence-corrected chi connectivity index (χ3v) is 3.42. The Morgan fingerprint density at radius 2 is 2.00 bits per heavy atom. The average molecular weight is 388 g/mol. The first-order valence-electron chi connectivity index (χ1n) is 7.26. The number of carbonyl (C=O) groups is 2. The summed E-state index contributed by atoms with van der Waals surface area (Å²) >= 11 is 3.38. The van der Waals surface area contributed by atoms with Crippen LogP contribution < -0.4 is 10.1 Å². The largest absolute Gasteiger partial charge is 0.490 e. The molecule has 0 saturated carbocycles. The van der Waals surface area contributed by atoms with E-state index in [9.17, 15) is 14.7 Å². The highest BCUT2D eigenvalue weighted by atomic mass is 79.9. The standard InChI is InChI=1S/C16H22BrNO5/c1-5-10-6-7-13(11(17)8-10)22-9-12(14(19)20)18-15(21)23-16(2,3)4/h6-8,12H,5,9H2,1-4H3,(H,18,21)(H,19,20)/t12-/m0/s1. The van der Waals surface area contributed by atoms with Gasteiger partial charge in [0.05, 0.1) is 4.47 Å². The minimum absolute atomic E-state index is 0.210. The van der Waals surface area contributed by atoms with E-state index in [1.54, 1.807) is 26.8 Å². The fraction of sp³-hybridized carbons (Fsp3) is 0.500. The number of hydrogen-bond donors (Lipinski definition) is 2. The van der Waals surface area contributed by atoms with E-state index in [4.69, 9.17) is 9.47 Å². The van der Waals surface area contributed by atoms with Gasteiger partial charge in [-0.05, 0) is 60.8 Å². The van der Waals surface area contributed by atoms with Crippen LogP contribution in [0.4, 0.5) is 4.79 Å². The summed E-state index contributed by atoms with van der Waals surface area (Å²) in [6, 6.07) is 4.36. The molecular formula is C16H22BrNO5. The zero-order valence-electron chi connectivity index (χ0n) is 13.7. The molecule has 0 radical (unpaired) electrons. The first-order chi connectivity index (χ1) is 10.6. The van der Waals surface area contributed by atoms with E-state index < -0.39 is 23.7 Å². The van der Waals surface area contributed by atoms with Gasteiger partial charge < -0.3 is 19.9 Å². The fourth-order valence-corrected chi connectivity index (χ4v) is 2.22. The topological polar surface area (TPSA) is 84.9 Å². The summed E-state index contributed by atoms with van der Waals surface area (Å²) in [5.74, 6) is -0.684. The number of hydrogen-bond acceptors (Lipinski definition) is 4. The van der Waals surface area contributed by atoms with Gasteiger partial charge in [-0.15, -0.1) is 0 Å². The molecule has 0 aliphatic heterocycles. The number of carboxylic acids is 1. The molecule has 0 aromatic heterocycles. The predicted molar refractivity (Wildman–Crippen MR) is 89.8 cm³/mol. The molecule has 1 aromatic carbocycles. The molecule has 0 aliphatic rings. The van der Waals surface area contributed by atoms with Gasteiger partial charge in [-0.1, -0.05) is 13.0 Å². The molecule has 23 heavy (non-hydrogen) atoms. The lowest BCUT2D eigenvalue weighted by Crippen LogP contribution is -2.46. The van der Waals surface area contributed by atoms with Gasteiger partial charge >= 0.3 is 12.1 Å². The molecule has 1 aromatic rings. The fourth-order valence-electron chi connectivity index (χ4n) is 1.68. The maximum atomic E-state index is 11.7. The molecule has 0 unspecified atom stereocenters. The Bertz CT molecular complexity index is 568. The molecule has 0 aliphatic carbocycles. The second kappa shape index (κ2) is 8.19. The predicted octanol–water partition coefficient (Wildman–Crippen LogP) is 3.37. The van der Waals surface area contributed by atoms with Gasteiger partial charge in [0, 0.05) is 0 Å². The number of benzene rings is 1. The summed E-state index contributed by atoms with van der Waals surface area (Å²) in [7, 11) is 0. The molecule has 0 heterocycles. The highest BCUT2D eigenvalue weighted by Gasteiger charge is 2.24. The normalized spacial score (nSPS) is 12.4. The number of carbonyl (C=O) groups excluding carboxylic acids is 1. The van der Waals surface area contributed by atoms with Crippen molar-refractivity contribution in [1.29, 1.82) is 0 Å². The Hall–Kier alpha value is -1.76. The lowest BCUT2D eigenvalue weighted by Gasteiger charge is -2.22. The van der Waals surface area contributed by atoms with Crippen LogP contribution >= 0.6 is 15.9 Å². The molecule has 128 valence electrons. The Kier molecular flexibility index (Phi) is 6.87. The van der Waals surface area contributed by atoms with Gasteiger partial charge in [0.2, 0.25) is 0 Å². The minimum atomic E-state index is -1.21. The van der Waals surface area contributed by atoms with Crippen LogP contribution in [0.5, 0.6) is 5.75 Å². The summed E-state index contributed by atoms with van der Waals surface area (Å²) in [6.07, 6.45) is 0.0884. The molecule has 0 saturated heterocycles. The van der Waals surface area contributed by atoms with Crippen molar-refractivity contribution in [3.8, 4) is 5.75 Å². The number of aryl methyl sites for hydroxylation is 1. The van der Waals surface area contributed by atoms with E-state index in [1.165, 1.54) is 0 Å². The molecule has 2 N–H and O–H groups in total. The van der Waals surface area contributed by atoms with E-state index in [0.29, 0.717) is 5.75 Å². The third kappa shape index (κ3) is 6.90. The lowest BCUT2D eigenvalue weighted by molar-refractivity contribution is -0.140. The first-order valence-corrected chi connectivity index (χ1v) is 8.05. The van der Waals surface area contributed by atoms with Crippen molar-refractivity contribution in [1.82, 2.24) is 5.32 Å². The molecule has 7 heteroatoms. The summed E-state index contributed by atoms with van der Waals surface area (Å²) in [4.78, 5) is 22.9. The number of carboxylic acid groups (broad SMARTS) is 1. The van der Waals surface area contributed by atoms with Crippen LogP contribution in [0.2, 0.25) is 0 Å². The zero-order chi connectivity index (χ0) is 17.6. The van der Waals surface area contributed by atoms with Crippen LogP contribution in [0.3, 0.4) is 0 Å². The molecular weight excluding hydrogens is 366 g/mol. The maximum absolute atomic E-state index is 11.7.